The molecule has 0 aromatic heterocycles. The van der Waals surface area contributed by atoms with Crippen LogP contribution >= 0.6 is 11.6 Å². The van der Waals surface area contributed by atoms with Crippen molar-refractivity contribution in [3.05, 3.63) is 53.1 Å². The Hall–Kier alpha value is -1.24. The van der Waals surface area contributed by atoms with Crippen molar-refractivity contribution >= 4 is 17.6 Å². The second-order valence-corrected chi connectivity index (χ2v) is 5.45. The van der Waals surface area contributed by atoms with Crippen LogP contribution in [0.4, 0.5) is 0 Å². The first-order valence-corrected chi connectivity index (χ1v) is 7.84. The van der Waals surface area contributed by atoms with Gasteiger partial charge in [-0.25, -0.2) is 0 Å². The summed E-state index contributed by atoms with van der Waals surface area (Å²) in [6.07, 6.45) is 0.357. The number of ether oxygens (including phenoxy) is 3. The van der Waals surface area contributed by atoms with Gasteiger partial charge in [-0.2, -0.15) is 0 Å². The van der Waals surface area contributed by atoms with Crippen LogP contribution in [0.1, 0.15) is 18.4 Å². The van der Waals surface area contributed by atoms with Crippen molar-refractivity contribution in [3.8, 4) is 17.2 Å². The number of esters is 1. The van der Waals surface area contributed by atoms with Gasteiger partial charge >= 0.3 is 35.5 Å². The van der Waals surface area contributed by atoms with Crippen LogP contribution in [0, 0.1) is 0 Å². The maximum atomic E-state index is 11.6. The number of halogens is 1. The third kappa shape index (κ3) is 7.26. The molecule has 128 valence electrons. The van der Waals surface area contributed by atoms with Crippen LogP contribution in [0.2, 0.25) is 5.02 Å². The molecular formula is C18H18ClNaO5. The minimum Gasteiger partial charge on any atom is -0.854 e. The number of hydrogen-bond acceptors (Lipinski definition) is 5. The zero-order valence-electron chi connectivity index (χ0n) is 14.3. The molecule has 2 aromatic rings. The molecule has 25 heavy (non-hydrogen) atoms. The first-order chi connectivity index (χ1) is 11.6. The second-order valence-electron chi connectivity index (χ2n) is 5.01. The SMILES string of the molecule is COc1cc(OC(=O)CCC[O-])ccc1OCc1cccc(Cl)c1.[Na+]. The van der Waals surface area contributed by atoms with Crippen molar-refractivity contribution in [1.82, 2.24) is 0 Å². The van der Waals surface area contributed by atoms with E-state index in [1.54, 1.807) is 24.3 Å². The van der Waals surface area contributed by atoms with E-state index in [0.29, 0.717) is 28.9 Å². The fourth-order valence-electron chi connectivity index (χ4n) is 2.02. The summed E-state index contributed by atoms with van der Waals surface area (Å²) in [5, 5.41) is 11.0. The van der Waals surface area contributed by atoms with Crippen LogP contribution in [0.25, 0.3) is 0 Å². The van der Waals surface area contributed by atoms with Crippen molar-refractivity contribution in [2.24, 2.45) is 0 Å². The number of carbonyl (C=O) groups excluding carboxylic acids is 1. The molecule has 0 spiro atoms. The number of carbonyl (C=O) groups is 1. The molecule has 0 radical (unpaired) electrons. The molecular weight excluding hydrogens is 355 g/mol. The standard InChI is InChI=1S/C18H18ClO5.Na/c1-22-17-11-15(24-18(21)6-3-9-20)7-8-16(17)23-12-13-4-2-5-14(19)10-13;/h2,4-5,7-8,10-11H,3,6,9,12H2,1H3;/q-1;+1. The Labute approximate surface area is 174 Å². The minimum atomic E-state index is -0.444. The molecule has 0 aliphatic heterocycles. The molecule has 2 rings (SSSR count). The van der Waals surface area contributed by atoms with E-state index < -0.39 is 5.97 Å². The van der Waals surface area contributed by atoms with E-state index >= 15 is 0 Å². The predicted molar refractivity (Wildman–Crippen MR) is 88.5 cm³/mol. The summed E-state index contributed by atoms with van der Waals surface area (Å²) in [6, 6.07) is 12.2. The van der Waals surface area contributed by atoms with Gasteiger partial charge in [0.05, 0.1) is 7.11 Å². The van der Waals surface area contributed by atoms with Gasteiger partial charge in [0.1, 0.15) is 12.4 Å². The monoisotopic (exact) mass is 372 g/mol. The second kappa shape index (κ2) is 11.4. The zero-order valence-corrected chi connectivity index (χ0v) is 17.0. The number of rotatable bonds is 8. The largest absolute Gasteiger partial charge is 1.00 e. The quantitative estimate of drug-likeness (QED) is 0.370. The van der Waals surface area contributed by atoms with E-state index in [-0.39, 0.29) is 49.0 Å². The average molecular weight is 373 g/mol. The Morgan fingerprint density at radius 3 is 2.64 bits per heavy atom. The molecule has 0 amide bonds. The molecule has 7 heteroatoms. The van der Waals surface area contributed by atoms with Crippen molar-refractivity contribution in [2.45, 2.75) is 19.4 Å². The number of hydrogen-bond donors (Lipinski definition) is 0. The maximum Gasteiger partial charge on any atom is 1.00 e. The summed E-state index contributed by atoms with van der Waals surface area (Å²) in [7, 11) is 1.50. The smallest absolute Gasteiger partial charge is 0.854 e. The van der Waals surface area contributed by atoms with Crippen LogP contribution in [0.3, 0.4) is 0 Å². The van der Waals surface area contributed by atoms with Crippen LogP contribution in [-0.2, 0) is 11.4 Å². The predicted octanol–water partition coefficient (Wildman–Crippen LogP) is -0.0225. The van der Waals surface area contributed by atoms with E-state index in [1.165, 1.54) is 7.11 Å². The van der Waals surface area contributed by atoms with E-state index in [1.807, 2.05) is 18.2 Å². The van der Waals surface area contributed by atoms with Crippen LogP contribution in [0.15, 0.2) is 42.5 Å². The molecule has 0 unspecified atom stereocenters. The van der Waals surface area contributed by atoms with Gasteiger partial charge in [0.25, 0.3) is 0 Å². The van der Waals surface area contributed by atoms with E-state index in [4.69, 9.17) is 25.8 Å². The maximum absolute atomic E-state index is 11.6. The van der Waals surface area contributed by atoms with Crippen LogP contribution in [-0.4, -0.2) is 19.7 Å². The van der Waals surface area contributed by atoms with Gasteiger partial charge in [-0.1, -0.05) is 30.2 Å². The molecule has 2 aromatic carbocycles. The van der Waals surface area contributed by atoms with Gasteiger partial charge in [-0.05, 0) is 29.8 Å². The summed E-state index contributed by atoms with van der Waals surface area (Å²) in [4.78, 5) is 11.6. The molecule has 0 saturated carbocycles. The summed E-state index contributed by atoms with van der Waals surface area (Å²) >= 11 is 5.94. The van der Waals surface area contributed by atoms with Crippen LogP contribution < -0.4 is 48.9 Å². The van der Waals surface area contributed by atoms with Crippen LogP contribution in [0.5, 0.6) is 17.2 Å². The summed E-state index contributed by atoms with van der Waals surface area (Å²) in [6.45, 7) is 0.0360. The summed E-state index contributed by atoms with van der Waals surface area (Å²) in [5.41, 5.74) is 0.928. The Balaban J connectivity index is 0.00000312. The molecule has 0 aliphatic rings. The Kier molecular flexibility index (Phi) is 9.93. The van der Waals surface area contributed by atoms with E-state index in [0.717, 1.165) is 5.56 Å². The fraction of sp³-hybridized carbons (Fsp3) is 0.278. The van der Waals surface area contributed by atoms with Gasteiger partial charge in [-0.3, -0.25) is 4.79 Å². The normalized spacial score (nSPS) is 9.88. The Bertz CT molecular complexity index is 693. The molecule has 5 nitrogen and oxygen atoms in total. The molecule has 0 saturated heterocycles. The third-order valence-corrected chi connectivity index (χ3v) is 3.41. The Morgan fingerprint density at radius 1 is 1.16 bits per heavy atom. The summed E-state index contributed by atoms with van der Waals surface area (Å²) < 4.78 is 16.2. The average Bonchev–Trinajstić information content (AvgIpc) is 2.58. The molecule has 0 aliphatic carbocycles. The summed E-state index contributed by atoms with van der Waals surface area (Å²) in [5.74, 6) is 0.876. The molecule has 0 heterocycles. The van der Waals surface area contributed by atoms with Crippen molar-refractivity contribution in [2.75, 3.05) is 13.7 Å². The van der Waals surface area contributed by atoms with Crippen molar-refractivity contribution in [1.29, 1.82) is 0 Å². The molecule has 0 N–H and O–H groups in total. The van der Waals surface area contributed by atoms with Gasteiger partial charge in [-0.15, -0.1) is 6.61 Å². The van der Waals surface area contributed by atoms with Gasteiger partial charge in [0.2, 0.25) is 0 Å². The zero-order chi connectivity index (χ0) is 17.4. The molecule has 0 atom stereocenters. The molecule has 0 fully saturated rings. The first-order valence-electron chi connectivity index (χ1n) is 7.46. The fourth-order valence-corrected chi connectivity index (χ4v) is 2.23. The van der Waals surface area contributed by atoms with E-state index in [2.05, 4.69) is 0 Å². The first kappa shape index (κ1) is 21.8. The topological polar surface area (TPSA) is 67.8 Å². The minimum absolute atomic E-state index is 0. The number of methoxy groups -OCH3 is 1. The number of benzene rings is 2. The van der Waals surface area contributed by atoms with Gasteiger partial charge in [0, 0.05) is 17.5 Å². The Morgan fingerprint density at radius 2 is 1.96 bits per heavy atom. The third-order valence-electron chi connectivity index (χ3n) is 3.18. The van der Waals surface area contributed by atoms with Crippen molar-refractivity contribution in [3.63, 3.8) is 0 Å². The van der Waals surface area contributed by atoms with Crippen molar-refractivity contribution < 1.29 is 53.7 Å². The molecule has 0 bridgehead atoms. The van der Waals surface area contributed by atoms with E-state index in [9.17, 15) is 9.90 Å². The van der Waals surface area contributed by atoms with Gasteiger partial charge < -0.3 is 19.3 Å². The van der Waals surface area contributed by atoms with Gasteiger partial charge in [0.15, 0.2) is 11.5 Å².